The maximum atomic E-state index is 11.9. The Hall–Kier alpha value is -1.86. The Balaban J connectivity index is 1.78. The zero-order valence-corrected chi connectivity index (χ0v) is 15.7. The maximum absolute atomic E-state index is 11.9. The Labute approximate surface area is 153 Å². The molecule has 0 atom stereocenters. The molecule has 0 unspecified atom stereocenters. The lowest BCUT2D eigenvalue weighted by atomic mass is 10.2. The van der Waals surface area contributed by atoms with Crippen LogP contribution >= 0.6 is 11.8 Å². The van der Waals surface area contributed by atoms with Crippen LogP contribution in [0.1, 0.15) is 24.2 Å². The van der Waals surface area contributed by atoms with E-state index in [0.29, 0.717) is 5.75 Å². The summed E-state index contributed by atoms with van der Waals surface area (Å²) in [5.41, 5.74) is 1.21. The number of carbonyl (C=O) groups is 1. The van der Waals surface area contributed by atoms with Gasteiger partial charge in [-0.1, -0.05) is 42.1 Å². The molecule has 1 aliphatic heterocycles. The van der Waals surface area contributed by atoms with Gasteiger partial charge < -0.3 is 9.47 Å². The highest BCUT2D eigenvalue weighted by atomic mass is 32.2. The van der Waals surface area contributed by atoms with Gasteiger partial charge in [-0.05, 0) is 31.5 Å². The highest BCUT2D eigenvalue weighted by Crippen LogP contribution is 2.21. The number of amides is 1. The minimum atomic E-state index is 0.0837. The molecule has 0 N–H and O–H groups in total. The van der Waals surface area contributed by atoms with Crippen LogP contribution in [0.5, 0.6) is 0 Å². The largest absolute Gasteiger partial charge is 0.348 e. The summed E-state index contributed by atoms with van der Waals surface area (Å²) in [6.07, 6.45) is 2.51. The summed E-state index contributed by atoms with van der Waals surface area (Å²) in [5, 5.41) is 9.60. The number of likely N-dealkylation sites (tertiary alicyclic amines) is 1. The maximum Gasteiger partial charge on any atom is 0.232 e. The first-order valence-corrected chi connectivity index (χ1v) is 9.63. The van der Waals surface area contributed by atoms with Gasteiger partial charge in [-0.2, -0.15) is 0 Å². The van der Waals surface area contributed by atoms with E-state index in [2.05, 4.69) is 31.8 Å². The Morgan fingerprint density at radius 2 is 1.84 bits per heavy atom. The van der Waals surface area contributed by atoms with Crippen LogP contribution in [0.25, 0.3) is 0 Å². The second kappa shape index (κ2) is 8.49. The summed E-state index contributed by atoms with van der Waals surface area (Å²) in [6.45, 7) is 3.80. The fraction of sp³-hybridized carbons (Fsp3) is 0.500. The van der Waals surface area contributed by atoms with E-state index in [9.17, 15) is 4.79 Å². The molecule has 3 rings (SSSR count). The Morgan fingerprint density at radius 3 is 2.52 bits per heavy atom. The third-order valence-electron chi connectivity index (χ3n) is 4.36. The highest BCUT2D eigenvalue weighted by Gasteiger charge is 2.19. The molecule has 0 radical (unpaired) electrons. The molecule has 0 spiro atoms. The first kappa shape index (κ1) is 17.9. The first-order valence-electron chi connectivity index (χ1n) is 8.65. The predicted molar refractivity (Wildman–Crippen MR) is 99.5 cm³/mol. The minimum absolute atomic E-state index is 0.0837. The SMILES string of the molecule is CN(C)C(=O)CSc1nnc(CN2CCCC2)n1Cc1ccccc1. The second-order valence-electron chi connectivity index (χ2n) is 6.53. The molecule has 1 aliphatic rings. The molecule has 1 aromatic carbocycles. The zero-order valence-electron chi connectivity index (χ0n) is 14.9. The number of nitrogens with zero attached hydrogens (tertiary/aromatic N) is 5. The van der Waals surface area contributed by atoms with Crippen LogP contribution in [0.15, 0.2) is 35.5 Å². The lowest BCUT2D eigenvalue weighted by Crippen LogP contribution is -2.24. The van der Waals surface area contributed by atoms with E-state index < -0.39 is 0 Å². The van der Waals surface area contributed by atoms with Crippen molar-refractivity contribution in [3.63, 3.8) is 0 Å². The molecule has 0 bridgehead atoms. The summed E-state index contributed by atoms with van der Waals surface area (Å²) in [6, 6.07) is 10.3. The fourth-order valence-electron chi connectivity index (χ4n) is 2.86. The molecule has 2 heterocycles. The van der Waals surface area contributed by atoms with Gasteiger partial charge in [0.15, 0.2) is 5.16 Å². The van der Waals surface area contributed by atoms with Crippen molar-refractivity contribution in [2.45, 2.75) is 31.1 Å². The monoisotopic (exact) mass is 359 g/mol. The molecule has 1 aromatic heterocycles. The summed E-state index contributed by atoms with van der Waals surface area (Å²) >= 11 is 1.46. The van der Waals surface area contributed by atoms with Crippen molar-refractivity contribution >= 4 is 17.7 Å². The molecular formula is C18H25N5OS. The normalized spacial score (nSPS) is 14.8. The Morgan fingerprint density at radius 1 is 1.12 bits per heavy atom. The van der Waals surface area contributed by atoms with Crippen molar-refractivity contribution in [2.24, 2.45) is 0 Å². The third kappa shape index (κ3) is 4.83. The Bertz CT molecular complexity index is 695. The van der Waals surface area contributed by atoms with E-state index in [-0.39, 0.29) is 5.91 Å². The molecular weight excluding hydrogens is 334 g/mol. The van der Waals surface area contributed by atoms with Crippen LogP contribution in [0.3, 0.4) is 0 Å². The van der Waals surface area contributed by atoms with Gasteiger partial charge in [-0.15, -0.1) is 10.2 Å². The third-order valence-corrected chi connectivity index (χ3v) is 5.32. The van der Waals surface area contributed by atoms with E-state index in [4.69, 9.17) is 0 Å². The average Bonchev–Trinajstić information content (AvgIpc) is 3.25. The molecule has 1 fully saturated rings. The predicted octanol–water partition coefficient (Wildman–Crippen LogP) is 2.10. The van der Waals surface area contributed by atoms with E-state index in [1.807, 2.05) is 18.2 Å². The van der Waals surface area contributed by atoms with Crippen molar-refractivity contribution in [1.29, 1.82) is 0 Å². The molecule has 6 nitrogen and oxygen atoms in total. The van der Waals surface area contributed by atoms with Gasteiger partial charge in [0, 0.05) is 14.1 Å². The van der Waals surface area contributed by atoms with Crippen molar-refractivity contribution in [2.75, 3.05) is 32.9 Å². The molecule has 7 heteroatoms. The number of carbonyl (C=O) groups excluding carboxylic acids is 1. The highest BCUT2D eigenvalue weighted by molar-refractivity contribution is 7.99. The van der Waals surface area contributed by atoms with Crippen LogP contribution in [-0.4, -0.2) is 63.4 Å². The number of hydrogen-bond acceptors (Lipinski definition) is 5. The topological polar surface area (TPSA) is 54.3 Å². The lowest BCUT2D eigenvalue weighted by Gasteiger charge is -2.16. The van der Waals surface area contributed by atoms with Crippen molar-refractivity contribution in [3.05, 3.63) is 41.7 Å². The molecule has 134 valence electrons. The fourth-order valence-corrected chi connectivity index (χ4v) is 3.80. The zero-order chi connectivity index (χ0) is 17.6. The Kier molecular flexibility index (Phi) is 6.09. The molecule has 0 saturated carbocycles. The number of hydrogen-bond donors (Lipinski definition) is 0. The van der Waals surface area contributed by atoms with E-state index in [1.54, 1.807) is 19.0 Å². The van der Waals surface area contributed by atoms with Gasteiger partial charge in [-0.3, -0.25) is 9.69 Å². The van der Waals surface area contributed by atoms with Crippen LogP contribution in [0.4, 0.5) is 0 Å². The number of thioether (sulfide) groups is 1. The van der Waals surface area contributed by atoms with Gasteiger partial charge in [0.05, 0.1) is 18.8 Å². The van der Waals surface area contributed by atoms with Crippen molar-refractivity contribution in [1.82, 2.24) is 24.6 Å². The average molecular weight is 359 g/mol. The van der Waals surface area contributed by atoms with Gasteiger partial charge in [0.25, 0.3) is 0 Å². The summed E-state index contributed by atoms with van der Waals surface area (Å²) in [5.74, 6) is 1.44. The minimum Gasteiger partial charge on any atom is -0.348 e. The summed E-state index contributed by atoms with van der Waals surface area (Å²) in [4.78, 5) is 15.9. The van der Waals surface area contributed by atoms with Crippen LogP contribution in [-0.2, 0) is 17.9 Å². The van der Waals surface area contributed by atoms with Gasteiger partial charge in [-0.25, -0.2) is 0 Å². The summed E-state index contributed by atoms with van der Waals surface area (Å²) < 4.78 is 2.15. The smallest absolute Gasteiger partial charge is 0.232 e. The van der Waals surface area contributed by atoms with Crippen LogP contribution in [0, 0.1) is 0 Å². The molecule has 2 aromatic rings. The second-order valence-corrected chi connectivity index (χ2v) is 7.47. The van der Waals surface area contributed by atoms with Gasteiger partial charge >= 0.3 is 0 Å². The van der Waals surface area contributed by atoms with E-state index in [0.717, 1.165) is 37.2 Å². The van der Waals surface area contributed by atoms with Crippen molar-refractivity contribution in [3.8, 4) is 0 Å². The molecule has 1 amide bonds. The van der Waals surface area contributed by atoms with Crippen LogP contribution in [0.2, 0.25) is 0 Å². The quantitative estimate of drug-likeness (QED) is 0.709. The van der Waals surface area contributed by atoms with E-state index >= 15 is 0 Å². The number of benzene rings is 1. The molecule has 1 saturated heterocycles. The number of rotatable bonds is 7. The van der Waals surface area contributed by atoms with Gasteiger partial charge in [0.1, 0.15) is 5.82 Å². The van der Waals surface area contributed by atoms with E-state index in [1.165, 1.54) is 30.2 Å². The number of aromatic nitrogens is 3. The van der Waals surface area contributed by atoms with Gasteiger partial charge in [0.2, 0.25) is 5.91 Å². The lowest BCUT2D eigenvalue weighted by molar-refractivity contribution is -0.125. The molecule has 0 aliphatic carbocycles. The first-order chi connectivity index (χ1) is 12.1. The van der Waals surface area contributed by atoms with Crippen molar-refractivity contribution < 1.29 is 4.79 Å². The molecule has 25 heavy (non-hydrogen) atoms. The summed E-state index contributed by atoms with van der Waals surface area (Å²) in [7, 11) is 3.55. The standard InChI is InChI=1S/C18H25N5OS/c1-21(2)17(24)14-25-18-20-19-16(13-22-10-6-7-11-22)23(18)12-15-8-4-3-5-9-15/h3-5,8-9H,6-7,10-14H2,1-2H3. The van der Waals surface area contributed by atoms with Crippen LogP contribution < -0.4 is 0 Å².